The second kappa shape index (κ2) is 5.39. The summed E-state index contributed by atoms with van der Waals surface area (Å²) in [5.74, 6) is 0.498. The van der Waals surface area contributed by atoms with Crippen molar-refractivity contribution in [2.75, 3.05) is 19.6 Å². The topological polar surface area (TPSA) is 58.4 Å². The molecule has 3 fully saturated rings. The molecule has 22 heavy (non-hydrogen) atoms. The van der Waals surface area contributed by atoms with Gasteiger partial charge in [-0.15, -0.1) is 0 Å². The van der Waals surface area contributed by atoms with E-state index in [1.807, 2.05) is 6.07 Å². The molecule has 2 aromatic heterocycles. The van der Waals surface area contributed by atoms with Crippen molar-refractivity contribution < 1.29 is 9.21 Å². The Morgan fingerprint density at radius 1 is 1.45 bits per heavy atom. The summed E-state index contributed by atoms with van der Waals surface area (Å²) in [6.45, 7) is 5.38. The minimum absolute atomic E-state index is 0.110. The zero-order valence-electron chi connectivity index (χ0n) is 12.8. The van der Waals surface area contributed by atoms with Crippen LogP contribution in [0.15, 0.2) is 22.9 Å². The second-order valence-corrected chi connectivity index (χ2v) is 6.37. The number of aryl methyl sites for hydroxylation is 1. The predicted octanol–water partition coefficient (Wildman–Crippen LogP) is 2.21. The van der Waals surface area contributed by atoms with Crippen LogP contribution in [0.25, 0.3) is 11.0 Å². The van der Waals surface area contributed by atoms with Crippen molar-refractivity contribution in [3.05, 3.63) is 29.8 Å². The van der Waals surface area contributed by atoms with E-state index in [1.54, 1.807) is 12.5 Å². The summed E-state index contributed by atoms with van der Waals surface area (Å²) >= 11 is 0. The van der Waals surface area contributed by atoms with E-state index in [-0.39, 0.29) is 11.9 Å². The standard InChI is InChI=1S/C17H21N3O2/c1-2-11-10-22-16-13(11)3-6-18-15(16)17(21)19-14-9-20-7-4-12(14)5-8-20/h3,6,10,12,14H,2,4-5,7-9H2,1H3,(H,19,21)/t14-/m0/s1. The smallest absolute Gasteiger partial charge is 0.274 e. The Balaban J connectivity index is 1.59. The molecule has 3 aliphatic heterocycles. The fraction of sp³-hybridized carbons (Fsp3) is 0.529. The van der Waals surface area contributed by atoms with E-state index in [0.29, 0.717) is 17.2 Å². The third-order valence-corrected chi connectivity index (χ3v) is 5.14. The van der Waals surface area contributed by atoms with Crippen LogP contribution in [-0.2, 0) is 6.42 Å². The number of hydrogen-bond acceptors (Lipinski definition) is 4. The molecule has 116 valence electrons. The first-order valence-corrected chi connectivity index (χ1v) is 8.14. The molecule has 0 radical (unpaired) electrons. The Bertz CT molecular complexity index is 701. The molecule has 2 bridgehead atoms. The molecule has 1 amide bonds. The number of piperidine rings is 3. The average Bonchev–Trinajstić information content (AvgIpc) is 2.99. The van der Waals surface area contributed by atoms with Crippen LogP contribution in [0.5, 0.6) is 0 Å². The molecule has 2 aromatic rings. The molecule has 1 N–H and O–H groups in total. The number of aromatic nitrogens is 1. The van der Waals surface area contributed by atoms with Crippen molar-refractivity contribution in [2.45, 2.75) is 32.2 Å². The number of carbonyl (C=O) groups excluding carboxylic acids is 1. The summed E-state index contributed by atoms with van der Waals surface area (Å²) in [5.41, 5.74) is 2.14. The summed E-state index contributed by atoms with van der Waals surface area (Å²) in [6.07, 6.45) is 6.68. The summed E-state index contributed by atoms with van der Waals surface area (Å²) < 4.78 is 5.61. The summed E-state index contributed by atoms with van der Waals surface area (Å²) in [4.78, 5) is 19.3. The third kappa shape index (κ3) is 2.20. The van der Waals surface area contributed by atoms with Gasteiger partial charge in [-0.2, -0.15) is 0 Å². The Morgan fingerprint density at radius 3 is 2.95 bits per heavy atom. The molecule has 0 aromatic carbocycles. The van der Waals surface area contributed by atoms with Gasteiger partial charge in [0.15, 0.2) is 11.3 Å². The van der Waals surface area contributed by atoms with E-state index in [9.17, 15) is 4.79 Å². The number of furan rings is 1. The van der Waals surface area contributed by atoms with Gasteiger partial charge in [-0.25, -0.2) is 4.98 Å². The molecular formula is C17H21N3O2. The minimum atomic E-state index is -0.110. The highest BCUT2D eigenvalue weighted by Gasteiger charge is 2.35. The first kappa shape index (κ1) is 13.8. The predicted molar refractivity (Wildman–Crippen MR) is 83.8 cm³/mol. The summed E-state index contributed by atoms with van der Waals surface area (Å²) in [6, 6.07) is 2.16. The van der Waals surface area contributed by atoms with Crippen LogP contribution >= 0.6 is 0 Å². The Hall–Kier alpha value is -1.88. The van der Waals surface area contributed by atoms with Crippen LogP contribution in [0.3, 0.4) is 0 Å². The first-order chi connectivity index (χ1) is 10.8. The second-order valence-electron chi connectivity index (χ2n) is 6.37. The molecule has 3 aliphatic rings. The van der Waals surface area contributed by atoms with Crippen molar-refractivity contribution in [2.24, 2.45) is 5.92 Å². The summed E-state index contributed by atoms with van der Waals surface area (Å²) in [5, 5.41) is 4.18. The van der Waals surface area contributed by atoms with Crippen LogP contribution in [0.4, 0.5) is 0 Å². The van der Waals surface area contributed by atoms with Gasteiger partial charge in [-0.3, -0.25) is 4.79 Å². The number of hydrogen-bond donors (Lipinski definition) is 1. The van der Waals surface area contributed by atoms with Crippen molar-refractivity contribution in [3.8, 4) is 0 Å². The lowest BCUT2D eigenvalue weighted by molar-refractivity contribution is 0.0618. The molecular weight excluding hydrogens is 278 g/mol. The molecule has 0 aliphatic carbocycles. The molecule has 5 rings (SSSR count). The number of pyridine rings is 1. The molecule has 5 heterocycles. The van der Waals surface area contributed by atoms with Crippen molar-refractivity contribution in [3.63, 3.8) is 0 Å². The number of amides is 1. The number of carbonyl (C=O) groups is 1. The highest BCUT2D eigenvalue weighted by molar-refractivity contribution is 6.03. The van der Waals surface area contributed by atoms with Gasteiger partial charge in [0.25, 0.3) is 5.91 Å². The van der Waals surface area contributed by atoms with Gasteiger partial charge in [0.05, 0.1) is 6.26 Å². The lowest BCUT2D eigenvalue weighted by atomic mass is 9.84. The van der Waals surface area contributed by atoms with E-state index in [4.69, 9.17) is 4.42 Å². The van der Waals surface area contributed by atoms with E-state index in [1.165, 1.54) is 25.9 Å². The normalized spacial score (nSPS) is 27.2. The number of rotatable bonds is 3. The van der Waals surface area contributed by atoms with E-state index in [2.05, 4.69) is 22.1 Å². The maximum atomic E-state index is 12.6. The molecule has 5 heteroatoms. The monoisotopic (exact) mass is 299 g/mol. The van der Waals surface area contributed by atoms with Crippen molar-refractivity contribution in [1.82, 2.24) is 15.2 Å². The molecule has 5 nitrogen and oxygen atoms in total. The minimum Gasteiger partial charge on any atom is -0.462 e. The maximum absolute atomic E-state index is 12.6. The zero-order chi connectivity index (χ0) is 15.1. The number of nitrogens with one attached hydrogen (secondary N) is 1. The van der Waals surface area contributed by atoms with Gasteiger partial charge in [0, 0.05) is 24.2 Å². The van der Waals surface area contributed by atoms with Gasteiger partial charge < -0.3 is 14.6 Å². The van der Waals surface area contributed by atoms with Gasteiger partial charge in [-0.05, 0) is 49.9 Å². The number of fused-ring (bicyclic) bond motifs is 4. The van der Waals surface area contributed by atoms with Crippen molar-refractivity contribution in [1.29, 1.82) is 0 Å². The largest absolute Gasteiger partial charge is 0.462 e. The zero-order valence-corrected chi connectivity index (χ0v) is 12.8. The van der Waals surface area contributed by atoms with Gasteiger partial charge in [0.2, 0.25) is 0 Å². The lowest BCUT2D eigenvalue weighted by Gasteiger charge is -2.44. The molecule has 0 saturated carbocycles. The van der Waals surface area contributed by atoms with E-state index >= 15 is 0 Å². The quantitative estimate of drug-likeness (QED) is 0.944. The van der Waals surface area contributed by atoms with Crippen LogP contribution < -0.4 is 5.32 Å². The lowest BCUT2D eigenvalue weighted by Crippen LogP contribution is -2.57. The molecule has 1 atom stereocenters. The van der Waals surface area contributed by atoms with Crippen LogP contribution in [0.2, 0.25) is 0 Å². The highest BCUT2D eigenvalue weighted by atomic mass is 16.3. The molecule has 0 unspecified atom stereocenters. The van der Waals surface area contributed by atoms with E-state index < -0.39 is 0 Å². The van der Waals surface area contributed by atoms with Gasteiger partial charge in [0.1, 0.15) is 0 Å². The van der Waals surface area contributed by atoms with Crippen LogP contribution in [0, 0.1) is 5.92 Å². The SMILES string of the molecule is CCc1coc2c(C(=O)N[C@H]3CN4CCC3CC4)nccc12. The van der Waals surface area contributed by atoms with Crippen LogP contribution in [-0.4, -0.2) is 41.5 Å². The Morgan fingerprint density at radius 2 is 2.27 bits per heavy atom. The fourth-order valence-corrected chi connectivity index (χ4v) is 3.81. The van der Waals surface area contributed by atoms with E-state index in [0.717, 1.165) is 23.9 Å². The average molecular weight is 299 g/mol. The summed E-state index contributed by atoms with van der Waals surface area (Å²) in [7, 11) is 0. The Kier molecular flexibility index (Phi) is 3.37. The highest BCUT2D eigenvalue weighted by Crippen LogP contribution is 2.28. The maximum Gasteiger partial charge on any atom is 0.274 e. The van der Waals surface area contributed by atoms with Crippen molar-refractivity contribution >= 4 is 16.9 Å². The fourth-order valence-electron chi connectivity index (χ4n) is 3.81. The van der Waals surface area contributed by atoms with Crippen LogP contribution in [0.1, 0.15) is 35.8 Å². The molecule has 3 saturated heterocycles. The third-order valence-electron chi connectivity index (χ3n) is 5.14. The molecule has 0 spiro atoms. The van der Waals surface area contributed by atoms with Gasteiger partial charge in [-0.1, -0.05) is 6.92 Å². The van der Waals surface area contributed by atoms with Gasteiger partial charge >= 0.3 is 0 Å². The Labute approximate surface area is 129 Å². The number of nitrogens with zero attached hydrogens (tertiary/aromatic N) is 2. The first-order valence-electron chi connectivity index (χ1n) is 8.14.